The average molecular weight is 396 g/mol. The minimum absolute atomic E-state index is 0.0142. The predicted octanol–water partition coefficient (Wildman–Crippen LogP) is 3.07. The van der Waals surface area contributed by atoms with Crippen LogP contribution in [0, 0.1) is 0 Å². The first-order valence-corrected chi connectivity index (χ1v) is 9.69. The Balaban J connectivity index is 1.79. The normalized spacial score (nSPS) is 14.5. The minimum Gasteiger partial charge on any atom is -0.507 e. The fourth-order valence-electron chi connectivity index (χ4n) is 3.53. The van der Waals surface area contributed by atoms with Crippen LogP contribution in [0.1, 0.15) is 13.8 Å². The van der Waals surface area contributed by atoms with Crippen LogP contribution in [0.2, 0.25) is 0 Å². The van der Waals surface area contributed by atoms with Gasteiger partial charge in [0.2, 0.25) is 5.75 Å². The van der Waals surface area contributed by atoms with Crippen molar-refractivity contribution in [3.8, 4) is 28.6 Å². The molecule has 152 valence electrons. The summed E-state index contributed by atoms with van der Waals surface area (Å²) in [6, 6.07) is 10.2. The summed E-state index contributed by atoms with van der Waals surface area (Å²) in [7, 11) is 0. The number of anilines is 1. The zero-order valence-electron chi connectivity index (χ0n) is 16.4. The molecule has 1 aliphatic heterocycles. The Labute approximate surface area is 168 Å². The van der Waals surface area contributed by atoms with Crippen LogP contribution < -0.4 is 20.4 Å². The zero-order valence-corrected chi connectivity index (χ0v) is 16.4. The fraction of sp³-hybridized carbons (Fsp3) is 0.318. The summed E-state index contributed by atoms with van der Waals surface area (Å²) < 4.78 is 11.6. The number of benzene rings is 2. The third-order valence-electron chi connectivity index (χ3n) is 4.90. The van der Waals surface area contributed by atoms with Gasteiger partial charge in [-0.2, -0.15) is 0 Å². The molecule has 0 bridgehead atoms. The van der Waals surface area contributed by atoms with Crippen LogP contribution >= 0.6 is 0 Å². The van der Waals surface area contributed by atoms with Crippen LogP contribution in [0.4, 0.5) is 5.69 Å². The Bertz CT molecular complexity index is 1080. The Morgan fingerprint density at radius 1 is 1.07 bits per heavy atom. The first-order chi connectivity index (χ1) is 13.9. The van der Waals surface area contributed by atoms with Crippen molar-refractivity contribution in [2.75, 3.05) is 31.1 Å². The van der Waals surface area contributed by atoms with Crippen molar-refractivity contribution in [1.29, 1.82) is 0 Å². The molecule has 3 aromatic rings. The van der Waals surface area contributed by atoms with E-state index in [4.69, 9.17) is 9.15 Å². The molecular weight excluding hydrogens is 372 g/mol. The third kappa shape index (κ3) is 3.73. The van der Waals surface area contributed by atoms with Crippen LogP contribution in [0.25, 0.3) is 22.3 Å². The van der Waals surface area contributed by atoms with Gasteiger partial charge >= 0.3 is 0 Å². The van der Waals surface area contributed by atoms with E-state index in [9.17, 15) is 15.0 Å². The van der Waals surface area contributed by atoms with Gasteiger partial charge < -0.3 is 29.6 Å². The van der Waals surface area contributed by atoms with Crippen molar-refractivity contribution in [2.45, 2.75) is 20.0 Å². The van der Waals surface area contributed by atoms with Gasteiger partial charge in [0.25, 0.3) is 0 Å². The number of nitrogens with zero attached hydrogens (tertiary/aromatic N) is 1. The maximum absolute atomic E-state index is 12.7. The number of rotatable bonds is 4. The maximum atomic E-state index is 12.7. The molecule has 7 nitrogen and oxygen atoms in total. The molecule has 2 aromatic carbocycles. The van der Waals surface area contributed by atoms with E-state index in [2.05, 4.69) is 10.2 Å². The van der Waals surface area contributed by atoms with Crippen molar-refractivity contribution >= 4 is 16.7 Å². The smallest absolute Gasteiger partial charge is 0.205 e. The van der Waals surface area contributed by atoms with Gasteiger partial charge in [0.05, 0.1) is 6.10 Å². The lowest BCUT2D eigenvalue weighted by Gasteiger charge is -2.29. The van der Waals surface area contributed by atoms with E-state index in [1.54, 1.807) is 13.8 Å². The Morgan fingerprint density at radius 2 is 1.76 bits per heavy atom. The molecule has 3 N–H and O–H groups in total. The van der Waals surface area contributed by atoms with E-state index < -0.39 is 5.43 Å². The van der Waals surface area contributed by atoms with E-state index in [-0.39, 0.29) is 34.3 Å². The van der Waals surface area contributed by atoms with E-state index in [0.717, 1.165) is 43.5 Å². The number of nitrogens with one attached hydrogen (secondary N) is 1. The molecule has 0 unspecified atom stereocenters. The Hall–Kier alpha value is -3.19. The van der Waals surface area contributed by atoms with Crippen molar-refractivity contribution in [3.63, 3.8) is 0 Å². The third-order valence-corrected chi connectivity index (χ3v) is 4.90. The van der Waals surface area contributed by atoms with Crippen LogP contribution in [0.3, 0.4) is 0 Å². The van der Waals surface area contributed by atoms with Crippen molar-refractivity contribution in [2.24, 2.45) is 0 Å². The van der Waals surface area contributed by atoms with E-state index in [1.165, 1.54) is 6.07 Å². The molecule has 2 heterocycles. The molecular formula is C22H24N2O5. The second kappa shape index (κ2) is 7.67. The first-order valence-electron chi connectivity index (χ1n) is 9.69. The number of piperazine rings is 1. The fourth-order valence-corrected chi connectivity index (χ4v) is 3.53. The molecule has 0 amide bonds. The van der Waals surface area contributed by atoms with Crippen LogP contribution in [-0.2, 0) is 0 Å². The van der Waals surface area contributed by atoms with Gasteiger partial charge in [-0.15, -0.1) is 0 Å². The number of aromatic hydroxyl groups is 2. The highest BCUT2D eigenvalue weighted by Crippen LogP contribution is 2.41. The number of hydrogen-bond acceptors (Lipinski definition) is 7. The largest absolute Gasteiger partial charge is 0.507 e. The molecule has 0 aliphatic carbocycles. The summed E-state index contributed by atoms with van der Waals surface area (Å²) in [5, 5.41) is 23.7. The zero-order chi connectivity index (χ0) is 20.5. The standard InChI is InChI=1S/C22H24N2O5/c1-13(2)28-21-18(27)11-16(25)20-17(26)12-19(29-22(20)21)14-3-5-15(6-4-14)24-9-7-23-8-10-24/h3-6,11-13,23,25,27H,7-10H2,1-2H3. The Morgan fingerprint density at radius 3 is 2.41 bits per heavy atom. The van der Waals surface area contributed by atoms with Crippen molar-refractivity contribution < 1.29 is 19.4 Å². The lowest BCUT2D eigenvalue weighted by Crippen LogP contribution is -2.43. The van der Waals surface area contributed by atoms with Crippen molar-refractivity contribution in [3.05, 3.63) is 46.6 Å². The molecule has 0 spiro atoms. The van der Waals surface area contributed by atoms with Gasteiger partial charge in [-0.05, 0) is 38.1 Å². The average Bonchev–Trinajstić information content (AvgIpc) is 2.71. The predicted molar refractivity (Wildman–Crippen MR) is 112 cm³/mol. The number of hydrogen-bond donors (Lipinski definition) is 3. The Kier molecular flexibility index (Phi) is 5.07. The number of phenolic OH excluding ortho intramolecular Hbond substituents is 2. The number of phenols is 2. The van der Waals surface area contributed by atoms with Crippen LogP contribution in [-0.4, -0.2) is 42.5 Å². The van der Waals surface area contributed by atoms with Gasteiger partial charge in [-0.25, -0.2) is 0 Å². The second-order valence-electron chi connectivity index (χ2n) is 7.37. The van der Waals surface area contributed by atoms with Gasteiger partial charge in [0.1, 0.15) is 16.9 Å². The highest BCUT2D eigenvalue weighted by Gasteiger charge is 2.20. The molecule has 1 fully saturated rings. The molecule has 29 heavy (non-hydrogen) atoms. The number of ether oxygens (including phenoxy) is 1. The molecule has 0 saturated carbocycles. The first kappa shape index (κ1) is 19.1. The minimum atomic E-state index is -0.404. The molecule has 0 radical (unpaired) electrons. The maximum Gasteiger partial charge on any atom is 0.205 e. The SMILES string of the molecule is CC(C)Oc1c(O)cc(O)c2c(=O)cc(-c3ccc(N4CCNCC4)cc3)oc12. The molecule has 0 atom stereocenters. The number of fused-ring (bicyclic) bond motifs is 1. The van der Waals surface area contributed by atoms with Crippen LogP contribution in [0.15, 0.2) is 45.6 Å². The lowest BCUT2D eigenvalue weighted by atomic mass is 10.1. The van der Waals surface area contributed by atoms with Gasteiger partial charge in [0.15, 0.2) is 16.8 Å². The van der Waals surface area contributed by atoms with Crippen molar-refractivity contribution in [1.82, 2.24) is 5.32 Å². The topological polar surface area (TPSA) is 95.2 Å². The molecule has 1 aliphatic rings. The van der Waals surface area contributed by atoms with E-state index in [0.29, 0.717) is 5.76 Å². The summed E-state index contributed by atoms with van der Waals surface area (Å²) >= 11 is 0. The van der Waals surface area contributed by atoms with Crippen LogP contribution in [0.5, 0.6) is 17.2 Å². The summed E-state index contributed by atoms with van der Waals surface area (Å²) in [4.78, 5) is 15.0. The summed E-state index contributed by atoms with van der Waals surface area (Å²) in [6.07, 6.45) is -0.249. The molecule has 1 aromatic heterocycles. The van der Waals surface area contributed by atoms with Gasteiger partial charge in [-0.3, -0.25) is 4.79 Å². The molecule has 7 heteroatoms. The molecule has 1 saturated heterocycles. The lowest BCUT2D eigenvalue weighted by molar-refractivity contribution is 0.231. The van der Waals surface area contributed by atoms with E-state index in [1.807, 2.05) is 24.3 Å². The summed E-state index contributed by atoms with van der Waals surface area (Å²) in [5.74, 6) is -0.238. The highest BCUT2D eigenvalue weighted by atomic mass is 16.5. The molecule has 4 rings (SSSR count). The summed E-state index contributed by atoms with van der Waals surface area (Å²) in [6.45, 7) is 7.39. The highest BCUT2D eigenvalue weighted by molar-refractivity contribution is 5.91. The van der Waals surface area contributed by atoms with Gasteiger partial charge in [-0.1, -0.05) is 0 Å². The van der Waals surface area contributed by atoms with Gasteiger partial charge in [0, 0.05) is 49.6 Å². The quantitative estimate of drug-likeness (QED) is 0.624. The van der Waals surface area contributed by atoms with E-state index >= 15 is 0 Å². The monoisotopic (exact) mass is 396 g/mol. The second-order valence-corrected chi connectivity index (χ2v) is 7.37. The summed E-state index contributed by atoms with van der Waals surface area (Å²) in [5.41, 5.74) is 1.46.